The quantitative estimate of drug-likeness (QED) is 0.333. The number of aromatic nitrogens is 2. The summed E-state index contributed by atoms with van der Waals surface area (Å²) in [4.78, 5) is 21.2. The summed E-state index contributed by atoms with van der Waals surface area (Å²) in [6.45, 7) is 3.75. The summed E-state index contributed by atoms with van der Waals surface area (Å²) in [7, 11) is 0. The average molecular weight is 455 g/mol. The van der Waals surface area contributed by atoms with Gasteiger partial charge in [-0.15, -0.1) is 0 Å². The van der Waals surface area contributed by atoms with E-state index in [4.69, 9.17) is 0 Å². The molecule has 2 fully saturated rings. The van der Waals surface area contributed by atoms with E-state index in [0.29, 0.717) is 18.6 Å². The van der Waals surface area contributed by atoms with E-state index in [1.165, 1.54) is 22.2 Å². The highest BCUT2D eigenvalue weighted by atomic mass is 16.1. The molecule has 2 saturated heterocycles. The molecule has 6 rings (SSSR count). The molecule has 4 N–H and O–H groups in total. The first-order valence-corrected chi connectivity index (χ1v) is 12.8. The Morgan fingerprint density at radius 2 is 1.18 bits per heavy atom. The molecular weight excluding hydrogens is 420 g/mol. The minimum Gasteiger partial charge on any atom is -0.358 e. The van der Waals surface area contributed by atoms with Crippen molar-refractivity contribution in [3.63, 3.8) is 0 Å². The standard InChI is InChI=1S/C29H34N4O/c34-23(17-28(11-5-13-30-19-28)26-15-21-7-1-3-9-24(21)32-26)18-29(12-6-14-31-20-29)27-16-22-8-2-4-10-25(22)33-27/h1-4,7-10,15-16,30-33H,5-6,11-14,17-20H2. The topological polar surface area (TPSA) is 72.7 Å². The minimum atomic E-state index is -0.169. The van der Waals surface area contributed by atoms with Crippen molar-refractivity contribution in [2.24, 2.45) is 0 Å². The monoisotopic (exact) mass is 454 g/mol. The SMILES string of the molecule is O=C(CC1(c2cc3ccccc3[nH]2)CCCNC1)CC1(c2cc3ccccc3[nH]2)CCCNC1. The van der Waals surface area contributed by atoms with E-state index in [0.717, 1.165) is 62.9 Å². The van der Waals surface area contributed by atoms with Crippen molar-refractivity contribution in [1.29, 1.82) is 0 Å². The summed E-state index contributed by atoms with van der Waals surface area (Å²) < 4.78 is 0. The number of fused-ring (bicyclic) bond motifs is 2. The summed E-state index contributed by atoms with van der Waals surface area (Å²) in [6, 6.07) is 21.4. The molecule has 4 heterocycles. The molecule has 2 unspecified atom stereocenters. The van der Waals surface area contributed by atoms with Crippen LogP contribution in [0.1, 0.15) is 49.9 Å². The summed E-state index contributed by atoms with van der Waals surface area (Å²) in [6.07, 6.45) is 5.42. The van der Waals surface area contributed by atoms with E-state index in [2.05, 4.69) is 81.3 Å². The van der Waals surface area contributed by atoms with Gasteiger partial charge in [0.05, 0.1) is 0 Å². The molecule has 2 atom stereocenters. The first-order chi connectivity index (χ1) is 16.7. The maximum absolute atomic E-state index is 13.9. The first kappa shape index (κ1) is 21.6. The van der Waals surface area contributed by atoms with Gasteiger partial charge in [-0.3, -0.25) is 4.79 Å². The highest BCUT2D eigenvalue weighted by Crippen LogP contribution is 2.40. The van der Waals surface area contributed by atoms with Crippen molar-refractivity contribution >= 4 is 27.6 Å². The third kappa shape index (κ3) is 3.87. The zero-order chi connectivity index (χ0) is 23.0. The first-order valence-electron chi connectivity index (χ1n) is 12.8. The largest absolute Gasteiger partial charge is 0.358 e. The number of carbonyl (C=O) groups is 1. The third-order valence-corrected chi connectivity index (χ3v) is 8.22. The van der Waals surface area contributed by atoms with Gasteiger partial charge < -0.3 is 20.6 Å². The maximum Gasteiger partial charge on any atom is 0.134 e. The number of benzene rings is 2. The molecule has 0 amide bonds. The summed E-state index contributed by atoms with van der Waals surface area (Å²) >= 11 is 0. The summed E-state index contributed by atoms with van der Waals surface area (Å²) in [5.74, 6) is 0.365. The normalized spacial score (nSPS) is 25.6. The van der Waals surface area contributed by atoms with E-state index in [9.17, 15) is 4.79 Å². The minimum absolute atomic E-state index is 0.169. The lowest BCUT2D eigenvalue weighted by Crippen LogP contribution is -2.48. The van der Waals surface area contributed by atoms with Crippen LogP contribution in [0.25, 0.3) is 21.8 Å². The van der Waals surface area contributed by atoms with Gasteiger partial charge in [0.1, 0.15) is 5.78 Å². The second-order valence-corrected chi connectivity index (χ2v) is 10.6. The fourth-order valence-electron chi connectivity index (χ4n) is 6.42. The van der Waals surface area contributed by atoms with Crippen LogP contribution in [0.3, 0.4) is 0 Å². The Morgan fingerprint density at radius 3 is 1.59 bits per heavy atom. The van der Waals surface area contributed by atoms with Gasteiger partial charge in [-0.25, -0.2) is 0 Å². The zero-order valence-electron chi connectivity index (χ0n) is 19.8. The van der Waals surface area contributed by atoms with Crippen LogP contribution in [-0.4, -0.2) is 41.9 Å². The number of piperidine rings is 2. The number of hydrogen-bond donors (Lipinski definition) is 4. The molecule has 0 spiro atoms. The van der Waals surface area contributed by atoms with Crippen molar-refractivity contribution in [2.75, 3.05) is 26.2 Å². The molecule has 2 aliphatic rings. The number of nitrogens with one attached hydrogen (secondary N) is 4. The van der Waals surface area contributed by atoms with E-state index in [1.807, 2.05) is 0 Å². The lowest BCUT2D eigenvalue weighted by atomic mass is 9.69. The van der Waals surface area contributed by atoms with Crippen molar-refractivity contribution < 1.29 is 4.79 Å². The fourth-order valence-corrected chi connectivity index (χ4v) is 6.42. The number of aromatic amines is 2. The molecule has 34 heavy (non-hydrogen) atoms. The Kier molecular flexibility index (Phi) is 5.54. The Morgan fingerprint density at radius 1 is 0.706 bits per heavy atom. The second-order valence-electron chi connectivity index (χ2n) is 10.6. The molecule has 5 nitrogen and oxygen atoms in total. The molecule has 176 valence electrons. The van der Waals surface area contributed by atoms with Gasteiger partial charge in [0.25, 0.3) is 0 Å². The van der Waals surface area contributed by atoms with Gasteiger partial charge in [0, 0.05) is 59.2 Å². The van der Waals surface area contributed by atoms with Crippen LogP contribution in [0.5, 0.6) is 0 Å². The Bertz CT molecular complexity index is 1140. The molecule has 2 aliphatic heterocycles. The van der Waals surface area contributed by atoms with Crippen LogP contribution in [0.4, 0.5) is 0 Å². The average Bonchev–Trinajstić information content (AvgIpc) is 3.50. The molecular formula is C29H34N4O. The van der Waals surface area contributed by atoms with Gasteiger partial charge >= 0.3 is 0 Å². The van der Waals surface area contributed by atoms with Crippen molar-refractivity contribution in [3.05, 3.63) is 72.1 Å². The third-order valence-electron chi connectivity index (χ3n) is 8.22. The van der Waals surface area contributed by atoms with E-state index >= 15 is 0 Å². The van der Waals surface area contributed by atoms with Crippen LogP contribution in [-0.2, 0) is 15.6 Å². The number of rotatable bonds is 6. The van der Waals surface area contributed by atoms with Crippen LogP contribution in [0, 0.1) is 0 Å². The number of Topliss-reactive ketones (excluding diaryl/α,β-unsaturated/α-hetero) is 1. The Labute approximate surface area is 200 Å². The molecule has 0 bridgehead atoms. The van der Waals surface area contributed by atoms with Crippen LogP contribution >= 0.6 is 0 Å². The molecule has 0 aliphatic carbocycles. The predicted molar refractivity (Wildman–Crippen MR) is 138 cm³/mol. The molecule has 4 aromatic rings. The summed E-state index contributed by atoms with van der Waals surface area (Å²) in [5, 5.41) is 9.64. The van der Waals surface area contributed by atoms with Gasteiger partial charge in [0.2, 0.25) is 0 Å². The lowest BCUT2D eigenvalue weighted by Gasteiger charge is -2.40. The van der Waals surface area contributed by atoms with Crippen molar-refractivity contribution in [1.82, 2.24) is 20.6 Å². The van der Waals surface area contributed by atoms with Gasteiger partial charge in [-0.1, -0.05) is 36.4 Å². The van der Waals surface area contributed by atoms with E-state index in [1.54, 1.807) is 0 Å². The van der Waals surface area contributed by atoms with E-state index < -0.39 is 0 Å². The number of H-pyrrole nitrogens is 2. The second kappa shape index (κ2) is 8.71. The molecule has 2 aromatic carbocycles. The fraction of sp³-hybridized carbons (Fsp3) is 0.414. The van der Waals surface area contributed by atoms with Crippen LogP contribution < -0.4 is 10.6 Å². The van der Waals surface area contributed by atoms with Crippen molar-refractivity contribution in [2.45, 2.75) is 49.4 Å². The van der Waals surface area contributed by atoms with Crippen LogP contribution in [0.2, 0.25) is 0 Å². The number of carbonyl (C=O) groups excluding carboxylic acids is 1. The van der Waals surface area contributed by atoms with Crippen LogP contribution in [0.15, 0.2) is 60.7 Å². The Hall–Kier alpha value is -2.89. The van der Waals surface area contributed by atoms with Gasteiger partial charge in [-0.2, -0.15) is 0 Å². The Balaban J connectivity index is 1.31. The maximum atomic E-state index is 13.9. The molecule has 2 aromatic heterocycles. The number of ketones is 1. The number of hydrogen-bond acceptors (Lipinski definition) is 3. The molecule has 0 saturated carbocycles. The number of para-hydroxylation sites is 2. The van der Waals surface area contributed by atoms with E-state index in [-0.39, 0.29) is 10.8 Å². The highest BCUT2D eigenvalue weighted by molar-refractivity contribution is 5.85. The smallest absolute Gasteiger partial charge is 0.134 e. The predicted octanol–water partition coefficient (Wildman–Crippen LogP) is 4.94. The molecule has 0 radical (unpaired) electrons. The zero-order valence-corrected chi connectivity index (χ0v) is 19.8. The summed E-state index contributed by atoms with van der Waals surface area (Å²) in [5.41, 5.74) is 4.38. The highest BCUT2D eigenvalue weighted by Gasteiger charge is 2.42. The molecule has 5 heteroatoms. The van der Waals surface area contributed by atoms with Gasteiger partial charge in [0.15, 0.2) is 0 Å². The van der Waals surface area contributed by atoms with Gasteiger partial charge in [-0.05, 0) is 73.8 Å². The van der Waals surface area contributed by atoms with Crippen molar-refractivity contribution in [3.8, 4) is 0 Å². The lowest BCUT2D eigenvalue weighted by molar-refractivity contribution is -0.122.